The number of aromatic nitrogens is 3. The number of hydrogen-bond acceptors (Lipinski definition) is 6. The molecule has 1 fully saturated rings. The quantitative estimate of drug-likeness (QED) is 0.300. The van der Waals surface area contributed by atoms with Crippen LogP contribution in [-0.2, 0) is 11.2 Å². The Morgan fingerprint density at radius 2 is 2.03 bits per heavy atom. The Morgan fingerprint density at radius 3 is 2.68 bits per heavy atom. The van der Waals surface area contributed by atoms with E-state index in [1.54, 1.807) is 11.1 Å². The third-order valence-corrected chi connectivity index (χ3v) is 5.30. The maximum atomic E-state index is 12.7. The minimum atomic E-state index is -0.378. The molecule has 10 heteroatoms. The molecular formula is C21H32IN7O2. The Bertz CT molecular complexity index is 848. The number of pyridine rings is 1. The molecule has 0 saturated heterocycles. The van der Waals surface area contributed by atoms with E-state index in [-0.39, 0.29) is 35.3 Å². The number of guanidine groups is 1. The van der Waals surface area contributed by atoms with E-state index in [0.29, 0.717) is 42.9 Å². The average molecular weight is 541 g/mol. The van der Waals surface area contributed by atoms with Gasteiger partial charge in [-0.2, -0.15) is 4.98 Å². The second-order valence-electron chi connectivity index (χ2n) is 7.79. The molecule has 1 aliphatic carbocycles. The van der Waals surface area contributed by atoms with Crippen molar-refractivity contribution in [3.63, 3.8) is 0 Å². The van der Waals surface area contributed by atoms with Gasteiger partial charge in [0, 0.05) is 39.8 Å². The van der Waals surface area contributed by atoms with Crippen LogP contribution >= 0.6 is 24.0 Å². The first-order valence-electron chi connectivity index (χ1n) is 10.5. The molecular weight excluding hydrogens is 509 g/mol. The molecule has 2 aromatic heterocycles. The normalized spacial score (nSPS) is 15.3. The van der Waals surface area contributed by atoms with Crippen molar-refractivity contribution in [2.45, 2.75) is 39.0 Å². The Kier molecular flexibility index (Phi) is 9.66. The minimum absolute atomic E-state index is 0. The van der Waals surface area contributed by atoms with Crippen molar-refractivity contribution in [2.24, 2.45) is 10.4 Å². The first kappa shape index (κ1) is 25.0. The van der Waals surface area contributed by atoms with Crippen LogP contribution in [0.5, 0.6) is 0 Å². The second kappa shape index (κ2) is 12.0. The Balaban J connectivity index is 0.00000341. The number of carbonyl (C=O) groups is 1. The number of amides is 1. The van der Waals surface area contributed by atoms with Crippen LogP contribution in [0.4, 0.5) is 0 Å². The van der Waals surface area contributed by atoms with E-state index in [4.69, 9.17) is 9.52 Å². The number of aliphatic imine (C=N–C) groups is 1. The van der Waals surface area contributed by atoms with Crippen molar-refractivity contribution in [3.8, 4) is 11.6 Å². The van der Waals surface area contributed by atoms with E-state index < -0.39 is 0 Å². The van der Waals surface area contributed by atoms with Gasteiger partial charge in [-0.15, -0.1) is 24.0 Å². The molecule has 1 amide bonds. The maximum absolute atomic E-state index is 12.7. The summed E-state index contributed by atoms with van der Waals surface area (Å²) in [4.78, 5) is 27.8. The monoisotopic (exact) mass is 541 g/mol. The molecule has 1 saturated carbocycles. The Hall–Kier alpha value is -2.24. The molecule has 2 N–H and O–H groups in total. The molecule has 0 aromatic carbocycles. The van der Waals surface area contributed by atoms with Crippen LogP contribution in [0.1, 0.15) is 38.4 Å². The Labute approximate surface area is 200 Å². The van der Waals surface area contributed by atoms with Crippen molar-refractivity contribution in [1.82, 2.24) is 30.7 Å². The van der Waals surface area contributed by atoms with Crippen molar-refractivity contribution < 1.29 is 9.32 Å². The lowest BCUT2D eigenvalue weighted by Gasteiger charge is -2.29. The van der Waals surface area contributed by atoms with E-state index in [1.807, 2.05) is 39.2 Å². The molecule has 0 unspecified atom stereocenters. The van der Waals surface area contributed by atoms with Crippen LogP contribution in [0.2, 0.25) is 0 Å². The molecule has 0 radical (unpaired) electrons. The molecule has 2 heterocycles. The molecule has 9 nitrogen and oxygen atoms in total. The van der Waals surface area contributed by atoms with Gasteiger partial charge in [-0.05, 0) is 31.9 Å². The van der Waals surface area contributed by atoms with Gasteiger partial charge in [0.05, 0.1) is 12.0 Å². The second-order valence-corrected chi connectivity index (χ2v) is 7.79. The highest BCUT2D eigenvalue weighted by molar-refractivity contribution is 14.0. The fourth-order valence-electron chi connectivity index (χ4n) is 3.78. The van der Waals surface area contributed by atoms with Crippen LogP contribution in [0, 0.1) is 5.41 Å². The predicted molar refractivity (Wildman–Crippen MR) is 130 cm³/mol. The molecule has 170 valence electrons. The summed E-state index contributed by atoms with van der Waals surface area (Å²) in [6.07, 6.45) is 6.23. The fraction of sp³-hybridized carbons (Fsp3) is 0.571. The molecule has 0 bridgehead atoms. The molecule has 0 aliphatic heterocycles. The summed E-state index contributed by atoms with van der Waals surface area (Å²) < 4.78 is 5.29. The maximum Gasteiger partial charge on any atom is 0.276 e. The zero-order chi connectivity index (χ0) is 21.4. The van der Waals surface area contributed by atoms with Crippen molar-refractivity contribution in [1.29, 1.82) is 0 Å². The van der Waals surface area contributed by atoms with E-state index in [0.717, 1.165) is 32.2 Å². The zero-order valence-electron chi connectivity index (χ0n) is 18.4. The first-order valence-corrected chi connectivity index (χ1v) is 10.5. The Morgan fingerprint density at radius 1 is 1.26 bits per heavy atom. The van der Waals surface area contributed by atoms with Gasteiger partial charge in [-0.25, -0.2) is 0 Å². The standard InChI is InChI=1S/C21H31N7O2.HI/c1-4-22-20(25-15-21(11-6-7-12-21)19(29)28(2)3)24-14-10-17-26-18(30-27-17)16-9-5-8-13-23-16;/h5,8-9,13H,4,6-7,10-12,14-15H2,1-3H3,(H2,22,24,25);1H. The number of halogens is 1. The van der Waals surface area contributed by atoms with Crippen LogP contribution < -0.4 is 10.6 Å². The lowest BCUT2D eigenvalue weighted by atomic mass is 9.85. The summed E-state index contributed by atoms with van der Waals surface area (Å²) in [5, 5.41) is 10.6. The van der Waals surface area contributed by atoms with Gasteiger partial charge >= 0.3 is 0 Å². The highest BCUT2D eigenvalue weighted by atomic mass is 127. The third-order valence-electron chi connectivity index (χ3n) is 5.30. The molecule has 31 heavy (non-hydrogen) atoms. The van der Waals surface area contributed by atoms with Gasteiger partial charge in [0.1, 0.15) is 5.69 Å². The zero-order valence-corrected chi connectivity index (χ0v) is 20.8. The summed E-state index contributed by atoms with van der Waals surface area (Å²) in [5.41, 5.74) is 0.281. The summed E-state index contributed by atoms with van der Waals surface area (Å²) in [6.45, 7) is 3.85. The largest absolute Gasteiger partial charge is 0.357 e. The van der Waals surface area contributed by atoms with E-state index in [1.165, 1.54) is 0 Å². The van der Waals surface area contributed by atoms with Gasteiger partial charge in [0.25, 0.3) is 5.89 Å². The average Bonchev–Trinajstić information content (AvgIpc) is 3.42. The number of rotatable bonds is 8. The van der Waals surface area contributed by atoms with Gasteiger partial charge in [-0.1, -0.05) is 24.1 Å². The van der Waals surface area contributed by atoms with Gasteiger partial charge in [-0.3, -0.25) is 14.8 Å². The molecule has 1 aliphatic rings. The van der Waals surface area contributed by atoms with E-state index >= 15 is 0 Å². The van der Waals surface area contributed by atoms with Crippen LogP contribution in [0.15, 0.2) is 33.9 Å². The summed E-state index contributed by atoms with van der Waals surface area (Å²) in [5.74, 6) is 1.89. The first-order chi connectivity index (χ1) is 14.5. The molecule has 3 rings (SSSR count). The lowest BCUT2D eigenvalue weighted by Crippen LogP contribution is -2.43. The SMILES string of the molecule is CCNC(=NCC1(C(=O)N(C)C)CCCC1)NCCc1noc(-c2ccccn2)n1.I. The van der Waals surface area contributed by atoms with Crippen molar-refractivity contribution in [2.75, 3.05) is 33.7 Å². The lowest BCUT2D eigenvalue weighted by molar-refractivity contribution is -0.138. The fourth-order valence-corrected chi connectivity index (χ4v) is 3.78. The summed E-state index contributed by atoms with van der Waals surface area (Å²) in [7, 11) is 3.64. The van der Waals surface area contributed by atoms with Gasteiger partial charge < -0.3 is 20.1 Å². The van der Waals surface area contributed by atoms with Crippen LogP contribution in [0.3, 0.4) is 0 Å². The predicted octanol–water partition coefficient (Wildman–Crippen LogP) is 2.50. The number of nitrogens with one attached hydrogen (secondary N) is 2. The van der Waals surface area contributed by atoms with E-state index in [9.17, 15) is 4.79 Å². The topological polar surface area (TPSA) is 109 Å². The smallest absolute Gasteiger partial charge is 0.276 e. The summed E-state index contributed by atoms with van der Waals surface area (Å²) in [6, 6.07) is 5.55. The molecule has 0 atom stereocenters. The molecule has 2 aromatic rings. The number of carbonyl (C=O) groups excluding carboxylic acids is 1. The van der Waals surface area contributed by atoms with Gasteiger partial charge in [0.2, 0.25) is 5.91 Å². The van der Waals surface area contributed by atoms with Gasteiger partial charge in [0.15, 0.2) is 11.8 Å². The number of nitrogens with zero attached hydrogens (tertiary/aromatic N) is 5. The van der Waals surface area contributed by atoms with Crippen LogP contribution in [0.25, 0.3) is 11.6 Å². The highest BCUT2D eigenvalue weighted by Gasteiger charge is 2.42. The number of hydrogen-bond donors (Lipinski definition) is 2. The third kappa shape index (κ3) is 6.62. The summed E-state index contributed by atoms with van der Waals surface area (Å²) >= 11 is 0. The van der Waals surface area contributed by atoms with Crippen molar-refractivity contribution in [3.05, 3.63) is 30.2 Å². The minimum Gasteiger partial charge on any atom is -0.357 e. The van der Waals surface area contributed by atoms with Crippen LogP contribution in [-0.4, -0.2) is 65.6 Å². The van der Waals surface area contributed by atoms with Crippen molar-refractivity contribution >= 4 is 35.8 Å². The highest BCUT2D eigenvalue weighted by Crippen LogP contribution is 2.39. The molecule has 0 spiro atoms. The van der Waals surface area contributed by atoms with E-state index in [2.05, 4.69) is 25.8 Å².